The normalized spacial score (nSPS) is 21.2. The van der Waals surface area contributed by atoms with E-state index in [1.165, 1.54) is 173 Å². The van der Waals surface area contributed by atoms with Crippen molar-refractivity contribution in [3.8, 4) is 22.3 Å². The zero-order chi connectivity index (χ0) is 43.7. The molecule has 4 aromatic carbocycles. The maximum Gasteiger partial charge on any atom is -0.147 e. The number of hydrogen-bond acceptors (Lipinski definition) is 0. The Morgan fingerprint density at radius 1 is 0.484 bits per heavy atom. The molecular weight excluding hydrogens is 911 g/mol. The smallest absolute Gasteiger partial charge is 0.147 e. The van der Waals surface area contributed by atoms with Crippen LogP contribution >= 0.6 is 24.8 Å². The summed E-state index contributed by atoms with van der Waals surface area (Å²) in [6.07, 6.45) is 33.4. The summed E-state index contributed by atoms with van der Waals surface area (Å²) < 4.78 is 6.96. The quantitative estimate of drug-likeness (QED) is 0.139. The van der Waals surface area contributed by atoms with E-state index in [9.17, 15) is 0 Å². The molecule has 2 unspecified atom stereocenters. The molecule has 346 valence electrons. The molecule has 0 heterocycles. The van der Waals surface area contributed by atoms with Gasteiger partial charge in [-0.3, -0.25) is 0 Å². The average molecular weight is 996 g/mol. The third-order valence-corrected chi connectivity index (χ3v) is 34.8. The first-order valence-corrected chi connectivity index (χ1v) is 39.3. The van der Waals surface area contributed by atoms with Crippen LogP contribution in [0.1, 0.15) is 194 Å². The van der Waals surface area contributed by atoms with E-state index < -0.39 is 17.4 Å². The second kappa shape index (κ2) is 21.1. The van der Waals surface area contributed by atoms with Crippen molar-refractivity contribution in [2.24, 2.45) is 10.8 Å². The Kier molecular flexibility index (Phi) is 17.0. The van der Waals surface area contributed by atoms with Crippen molar-refractivity contribution in [3.05, 3.63) is 128 Å². The molecular formula is C60H84Cl2SiZr. The number of hydrogen-bond donors (Lipinski definition) is 0. The third-order valence-electron chi connectivity index (χ3n) is 17.3. The van der Waals surface area contributed by atoms with Gasteiger partial charge in [0.15, 0.2) is 0 Å². The monoisotopic (exact) mass is 992 g/mol. The van der Waals surface area contributed by atoms with Gasteiger partial charge in [-0.1, -0.05) is 0 Å². The number of benzene rings is 4. The van der Waals surface area contributed by atoms with Gasteiger partial charge in [0, 0.05) is 0 Å². The van der Waals surface area contributed by atoms with Crippen molar-refractivity contribution in [3.63, 3.8) is 0 Å². The van der Waals surface area contributed by atoms with Crippen LogP contribution in [0.3, 0.4) is 0 Å². The molecule has 0 aromatic heterocycles. The van der Waals surface area contributed by atoms with Crippen molar-refractivity contribution >= 4 is 43.8 Å². The molecule has 0 bridgehead atoms. The summed E-state index contributed by atoms with van der Waals surface area (Å²) in [7, 11) is 0. The molecule has 4 aliphatic carbocycles. The molecule has 0 nitrogen and oxygen atoms in total. The number of aryl methyl sites for hydroxylation is 4. The van der Waals surface area contributed by atoms with Crippen molar-refractivity contribution in [2.75, 3.05) is 0 Å². The van der Waals surface area contributed by atoms with Gasteiger partial charge < -0.3 is 0 Å². The molecule has 0 aliphatic heterocycles. The third kappa shape index (κ3) is 10.7. The maximum atomic E-state index is 2.96. The summed E-state index contributed by atoms with van der Waals surface area (Å²) in [6.45, 7) is 16.9. The Balaban J connectivity index is 0.00000340. The van der Waals surface area contributed by atoms with E-state index in [1.807, 2.05) is 11.1 Å². The summed E-state index contributed by atoms with van der Waals surface area (Å²) in [4.78, 5) is 0. The van der Waals surface area contributed by atoms with E-state index in [1.54, 1.807) is 22.3 Å². The maximum absolute atomic E-state index is 4.04. The zero-order valence-corrected chi connectivity index (χ0v) is 46.9. The molecule has 0 spiro atoms. The van der Waals surface area contributed by atoms with Gasteiger partial charge in [0.1, 0.15) is 0 Å². The molecule has 64 heavy (non-hydrogen) atoms. The molecule has 8 rings (SSSR count). The first kappa shape index (κ1) is 51.4. The Bertz CT molecular complexity index is 2190. The molecule has 0 N–H and O–H groups in total. The fraction of sp³-hybridized carbons (Fsp3) is 0.533. The predicted molar refractivity (Wildman–Crippen MR) is 287 cm³/mol. The van der Waals surface area contributed by atoms with Gasteiger partial charge >= 0.3 is 384 Å². The standard InChI is InChI=1S/2C29H37.2CH3.2ClH.H2Si.Zr/c2*1-4-29(14-9-7-5-6-8-10-15-29)21-24-19-25-12-11-13-27(28(25)20-24)26-17-22(2)16-23(3)18-26;;;;;;/h2*11-13,16-20H,4-10,14-15,21H2,1-3H3;2*1H3;2*1H;1H2;. The van der Waals surface area contributed by atoms with Crippen LogP contribution in [0.25, 0.3) is 34.4 Å². The van der Waals surface area contributed by atoms with Crippen LogP contribution in [-0.4, -0.2) is 6.88 Å². The molecule has 2 fully saturated rings. The van der Waals surface area contributed by atoms with E-state index in [2.05, 4.69) is 143 Å². The molecule has 4 heteroatoms. The van der Waals surface area contributed by atoms with Crippen molar-refractivity contribution in [1.29, 1.82) is 0 Å². The molecule has 0 amide bonds. The van der Waals surface area contributed by atoms with E-state index >= 15 is 0 Å². The minimum Gasteiger partial charge on any atom is -0.147 e. The molecule has 2 atom stereocenters. The van der Waals surface area contributed by atoms with Crippen molar-refractivity contribution < 1.29 is 17.4 Å². The number of halogens is 2. The Morgan fingerprint density at radius 2 is 0.797 bits per heavy atom. The summed E-state index contributed by atoms with van der Waals surface area (Å²) in [5, 5.41) is 0. The van der Waals surface area contributed by atoms with Gasteiger partial charge in [-0.25, -0.2) is 0 Å². The minimum absolute atomic E-state index is 0. The van der Waals surface area contributed by atoms with Crippen LogP contribution in [0.15, 0.2) is 83.9 Å². The van der Waals surface area contributed by atoms with Gasteiger partial charge in [-0.2, -0.15) is 0 Å². The van der Waals surface area contributed by atoms with Gasteiger partial charge in [-0.05, 0) is 0 Å². The van der Waals surface area contributed by atoms with Crippen LogP contribution in [0.4, 0.5) is 0 Å². The Hall–Kier alpha value is -1.96. The number of fused-ring (bicyclic) bond motifs is 2. The molecule has 0 saturated heterocycles. The van der Waals surface area contributed by atoms with E-state index in [4.69, 9.17) is 0 Å². The van der Waals surface area contributed by atoms with Crippen LogP contribution in [0.5, 0.6) is 0 Å². The van der Waals surface area contributed by atoms with E-state index in [0.29, 0.717) is 18.1 Å². The first-order chi connectivity index (χ1) is 29.7. The molecule has 2 saturated carbocycles. The van der Waals surface area contributed by atoms with Crippen LogP contribution in [-0.2, 0) is 17.4 Å². The van der Waals surface area contributed by atoms with Gasteiger partial charge in [0.05, 0.1) is 0 Å². The van der Waals surface area contributed by atoms with Crippen molar-refractivity contribution in [2.45, 2.75) is 186 Å². The van der Waals surface area contributed by atoms with Gasteiger partial charge in [0.2, 0.25) is 0 Å². The minimum atomic E-state index is -4.04. The second-order valence-corrected chi connectivity index (χ2v) is 53.4. The zero-order valence-electron chi connectivity index (χ0n) is 41.4. The van der Waals surface area contributed by atoms with E-state index in [-0.39, 0.29) is 24.8 Å². The van der Waals surface area contributed by atoms with Crippen LogP contribution in [0, 0.1) is 38.5 Å². The van der Waals surface area contributed by atoms with Crippen molar-refractivity contribution in [1.82, 2.24) is 0 Å². The topological polar surface area (TPSA) is 0 Å². The summed E-state index contributed by atoms with van der Waals surface area (Å²) in [6, 6.07) is 29.6. The predicted octanol–water partition coefficient (Wildman–Crippen LogP) is 18.8. The van der Waals surface area contributed by atoms with Crippen LogP contribution in [0.2, 0.25) is 9.26 Å². The van der Waals surface area contributed by atoms with Gasteiger partial charge in [-0.15, -0.1) is 24.8 Å². The fourth-order valence-electron chi connectivity index (χ4n) is 14.2. The van der Waals surface area contributed by atoms with Crippen LogP contribution < -0.4 is 0 Å². The fourth-order valence-corrected chi connectivity index (χ4v) is 33.9. The second-order valence-electron chi connectivity index (χ2n) is 22.9. The molecule has 4 aliphatic rings. The van der Waals surface area contributed by atoms with Gasteiger partial charge in [0.25, 0.3) is 0 Å². The summed E-state index contributed by atoms with van der Waals surface area (Å²) in [5.41, 5.74) is 22.0. The first-order valence-electron chi connectivity index (χ1n) is 25.6. The Morgan fingerprint density at radius 3 is 1.11 bits per heavy atom. The number of rotatable bonds is 10. The number of allylic oxidation sites excluding steroid dienone is 2. The van der Waals surface area contributed by atoms with E-state index in [0.717, 1.165) is 0 Å². The largest absolute Gasteiger partial charge is 0.147 e. The average Bonchev–Trinajstić information content (AvgIpc) is 3.85. The summed E-state index contributed by atoms with van der Waals surface area (Å²) >= 11 is -4.04. The molecule has 0 radical (unpaired) electrons. The molecule has 4 aromatic rings. The summed E-state index contributed by atoms with van der Waals surface area (Å²) in [5.74, 6) is 0. The Labute approximate surface area is 406 Å². The SMILES string of the molecule is CCC1(CC2=Cc3c(-c4cc(C)cc(C)c4)cccc3[CH]2[Zr]([CH3])([CH3])(=[SiH2])[CH]2C(CC3(CC)CCCCCCCC3)=Cc3c(-c4cc(C)cc(C)c4)cccc32)CCCCCCCC1.Cl.Cl.